The summed E-state index contributed by atoms with van der Waals surface area (Å²) in [5.41, 5.74) is 0. The Morgan fingerprint density at radius 2 is 2.00 bits per heavy atom. The van der Waals surface area contributed by atoms with E-state index in [0.29, 0.717) is 19.0 Å². The summed E-state index contributed by atoms with van der Waals surface area (Å²) >= 11 is 0. The highest BCUT2D eigenvalue weighted by Gasteiger charge is 2.15. The van der Waals surface area contributed by atoms with Crippen LogP contribution in [0.15, 0.2) is 11.3 Å². The Bertz CT molecular complexity index is 564. The molecule has 1 rings (SSSR count). The van der Waals surface area contributed by atoms with E-state index in [-0.39, 0.29) is 5.91 Å². The van der Waals surface area contributed by atoms with E-state index < -0.39 is 0 Å². The number of likely N-dealkylation sites (N-methyl/N-ethyl adjacent to an activating group) is 2. The van der Waals surface area contributed by atoms with E-state index in [1.807, 2.05) is 35.3 Å². The van der Waals surface area contributed by atoms with Gasteiger partial charge >= 0.3 is 0 Å². The van der Waals surface area contributed by atoms with Crippen LogP contribution in [0, 0.1) is 5.92 Å². The monoisotopic (exact) mass is 365 g/mol. The van der Waals surface area contributed by atoms with Gasteiger partial charge in [-0.25, -0.2) is 0 Å². The van der Waals surface area contributed by atoms with E-state index in [1.165, 1.54) is 0 Å². The van der Waals surface area contributed by atoms with Gasteiger partial charge in [0, 0.05) is 46.2 Å². The number of carbonyl (C=O) groups excluding carboxylic acids is 1. The molecule has 0 aliphatic heterocycles. The zero-order valence-corrected chi connectivity index (χ0v) is 17.2. The second-order valence-electron chi connectivity index (χ2n) is 6.70. The van der Waals surface area contributed by atoms with Crippen molar-refractivity contribution in [2.24, 2.45) is 10.9 Å². The first-order valence-electron chi connectivity index (χ1n) is 9.56. The van der Waals surface area contributed by atoms with Gasteiger partial charge in [0.1, 0.15) is 12.2 Å². The molecule has 0 atom stereocenters. The molecule has 0 fully saturated rings. The van der Waals surface area contributed by atoms with Crippen molar-refractivity contribution < 1.29 is 4.79 Å². The van der Waals surface area contributed by atoms with E-state index in [9.17, 15) is 4.79 Å². The number of guanidine groups is 1. The molecule has 1 aromatic heterocycles. The number of rotatable bonds is 10. The maximum Gasteiger partial charge on any atom is 0.242 e. The summed E-state index contributed by atoms with van der Waals surface area (Å²) < 4.78 is 2.04. The van der Waals surface area contributed by atoms with Gasteiger partial charge in [0.2, 0.25) is 5.91 Å². The molecule has 8 heteroatoms. The lowest BCUT2D eigenvalue weighted by molar-refractivity contribution is -0.131. The van der Waals surface area contributed by atoms with Gasteiger partial charge in [-0.15, -0.1) is 10.2 Å². The Labute approximate surface area is 157 Å². The highest BCUT2D eigenvalue weighted by atomic mass is 16.2. The van der Waals surface area contributed by atoms with Crippen molar-refractivity contribution in [3.63, 3.8) is 0 Å². The third kappa shape index (κ3) is 7.01. The summed E-state index contributed by atoms with van der Waals surface area (Å²) in [6, 6.07) is 0. The zero-order valence-electron chi connectivity index (χ0n) is 17.2. The predicted octanol–water partition coefficient (Wildman–Crippen LogP) is 1.24. The first-order chi connectivity index (χ1) is 12.4. The minimum atomic E-state index is 0.114. The van der Waals surface area contributed by atoms with Crippen LogP contribution in [0.5, 0.6) is 0 Å². The topological polar surface area (TPSA) is 78.6 Å². The van der Waals surface area contributed by atoms with E-state index in [4.69, 9.17) is 0 Å². The number of hydrogen-bond acceptors (Lipinski definition) is 4. The fourth-order valence-corrected chi connectivity index (χ4v) is 2.56. The van der Waals surface area contributed by atoms with Crippen molar-refractivity contribution in [3.8, 4) is 0 Å². The number of nitrogens with zero attached hydrogens (tertiary/aromatic N) is 6. The minimum absolute atomic E-state index is 0.114. The summed E-state index contributed by atoms with van der Waals surface area (Å²) in [4.78, 5) is 20.8. The summed E-state index contributed by atoms with van der Waals surface area (Å²) in [5.74, 6) is 2.30. The average Bonchev–Trinajstić information content (AvgIpc) is 3.06. The lowest BCUT2D eigenvalue weighted by Gasteiger charge is -2.26. The Hall–Kier alpha value is -2.12. The van der Waals surface area contributed by atoms with Gasteiger partial charge in [-0.1, -0.05) is 20.8 Å². The molecule has 1 heterocycles. The average molecular weight is 366 g/mol. The normalized spacial score (nSPS) is 11.7. The van der Waals surface area contributed by atoms with Crippen LogP contribution in [-0.2, 0) is 17.8 Å². The molecule has 0 aliphatic carbocycles. The van der Waals surface area contributed by atoms with Crippen molar-refractivity contribution in [2.45, 2.75) is 47.6 Å². The van der Waals surface area contributed by atoms with Crippen LogP contribution < -0.4 is 5.32 Å². The summed E-state index contributed by atoms with van der Waals surface area (Å²) in [6.07, 6.45) is 2.60. The molecule has 0 bridgehead atoms. The van der Waals surface area contributed by atoms with Gasteiger partial charge in [0.15, 0.2) is 5.96 Å². The molecule has 0 aliphatic rings. The Kier molecular flexibility index (Phi) is 9.69. The zero-order chi connectivity index (χ0) is 19.5. The first kappa shape index (κ1) is 21.9. The fourth-order valence-electron chi connectivity index (χ4n) is 2.56. The number of aryl methyl sites for hydroxylation is 1. The van der Waals surface area contributed by atoms with Gasteiger partial charge in [-0.3, -0.25) is 9.79 Å². The third-order valence-electron chi connectivity index (χ3n) is 4.10. The summed E-state index contributed by atoms with van der Waals surface area (Å²) in [6.45, 7) is 14.3. The van der Waals surface area contributed by atoms with Crippen LogP contribution in [0.1, 0.15) is 40.4 Å². The van der Waals surface area contributed by atoms with Crippen LogP contribution >= 0.6 is 0 Å². The molecule has 148 valence electrons. The van der Waals surface area contributed by atoms with Gasteiger partial charge in [0.25, 0.3) is 0 Å². The van der Waals surface area contributed by atoms with Crippen LogP contribution in [0.3, 0.4) is 0 Å². The standard InChI is InChI=1S/C18H35N7O/c1-7-16-22-21-14-25(16)11-10-19-18(20-12-15(4)5)23(6)13-17(26)24(8-2)9-3/h14-15H,7-13H2,1-6H3,(H,19,20). The Balaban J connectivity index is 2.68. The fraction of sp³-hybridized carbons (Fsp3) is 0.778. The number of nitrogens with one attached hydrogen (secondary N) is 1. The van der Waals surface area contributed by atoms with Crippen LogP contribution in [0.4, 0.5) is 0 Å². The number of aromatic nitrogens is 3. The molecule has 0 unspecified atom stereocenters. The number of hydrogen-bond donors (Lipinski definition) is 1. The lowest BCUT2D eigenvalue weighted by Crippen LogP contribution is -2.46. The molecule has 0 saturated heterocycles. The maximum absolute atomic E-state index is 12.4. The molecule has 0 saturated carbocycles. The van der Waals surface area contributed by atoms with Crippen LogP contribution in [0.2, 0.25) is 0 Å². The number of amides is 1. The van der Waals surface area contributed by atoms with Gasteiger partial charge in [0.05, 0.1) is 6.54 Å². The Morgan fingerprint density at radius 3 is 2.58 bits per heavy atom. The van der Waals surface area contributed by atoms with Crippen molar-refractivity contribution in [3.05, 3.63) is 12.2 Å². The summed E-state index contributed by atoms with van der Waals surface area (Å²) in [7, 11) is 1.91. The van der Waals surface area contributed by atoms with Gasteiger partial charge < -0.3 is 19.7 Å². The molecule has 0 radical (unpaired) electrons. The SMILES string of the molecule is CCc1nncn1CCNC(=NCC(C)C)N(C)CC(=O)N(CC)CC. The highest BCUT2D eigenvalue weighted by molar-refractivity contribution is 5.86. The predicted molar refractivity (Wildman–Crippen MR) is 105 cm³/mol. The molecule has 26 heavy (non-hydrogen) atoms. The van der Waals surface area contributed by atoms with Crippen LogP contribution in [-0.4, -0.2) is 76.2 Å². The van der Waals surface area contributed by atoms with Gasteiger partial charge in [-0.05, 0) is 19.8 Å². The molecular formula is C18H35N7O. The second kappa shape index (κ2) is 11.5. The maximum atomic E-state index is 12.4. The second-order valence-corrected chi connectivity index (χ2v) is 6.70. The Morgan fingerprint density at radius 1 is 1.31 bits per heavy atom. The lowest BCUT2D eigenvalue weighted by atomic mass is 10.2. The van der Waals surface area contributed by atoms with Crippen molar-refractivity contribution in [2.75, 3.05) is 39.8 Å². The molecule has 8 nitrogen and oxygen atoms in total. The third-order valence-corrected chi connectivity index (χ3v) is 4.10. The molecule has 0 aromatic carbocycles. The quantitative estimate of drug-likeness (QED) is 0.499. The largest absolute Gasteiger partial charge is 0.354 e. The van der Waals surface area contributed by atoms with Crippen LogP contribution in [0.25, 0.3) is 0 Å². The van der Waals surface area contributed by atoms with Crippen molar-refractivity contribution in [1.82, 2.24) is 29.9 Å². The smallest absolute Gasteiger partial charge is 0.242 e. The molecule has 1 N–H and O–H groups in total. The first-order valence-corrected chi connectivity index (χ1v) is 9.56. The van der Waals surface area contributed by atoms with E-state index in [2.05, 4.69) is 41.3 Å². The number of aliphatic imine (C=N–C) groups is 1. The number of carbonyl (C=O) groups is 1. The van der Waals surface area contributed by atoms with E-state index in [1.54, 1.807) is 6.33 Å². The van der Waals surface area contributed by atoms with Crippen molar-refractivity contribution >= 4 is 11.9 Å². The molecular weight excluding hydrogens is 330 g/mol. The molecule has 1 amide bonds. The molecule has 0 spiro atoms. The summed E-state index contributed by atoms with van der Waals surface area (Å²) in [5, 5.41) is 11.4. The van der Waals surface area contributed by atoms with Crippen molar-refractivity contribution in [1.29, 1.82) is 0 Å². The highest BCUT2D eigenvalue weighted by Crippen LogP contribution is 1.98. The van der Waals surface area contributed by atoms with Gasteiger partial charge in [-0.2, -0.15) is 0 Å². The van der Waals surface area contributed by atoms with E-state index >= 15 is 0 Å². The van der Waals surface area contributed by atoms with E-state index in [0.717, 1.165) is 44.4 Å². The minimum Gasteiger partial charge on any atom is -0.354 e. The molecule has 1 aromatic rings.